The number of thioether (sulfide) groups is 1. The van der Waals surface area contributed by atoms with Gasteiger partial charge in [0.15, 0.2) is 11.5 Å². The number of carbonyl (C=O) groups is 1. The summed E-state index contributed by atoms with van der Waals surface area (Å²) in [4.78, 5) is 21.0. The minimum atomic E-state index is -0.125. The Kier molecular flexibility index (Phi) is 5.34. The van der Waals surface area contributed by atoms with Crippen LogP contribution in [0.25, 0.3) is 5.78 Å². The summed E-state index contributed by atoms with van der Waals surface area (Å²) in [5.41, 5.74) is 0.993. The smallest absolute Gasteiger partial charge is 0.253 e. The molecule has 1 aliphatic heterocycles. The van der Waals surface area contributed by atoms with Gasteiger partial charge in [0.2, 0.25) is 11.1 Å². The SMILES string of the molecule is CC(C)C(NC(=O)CSc1nc2ncccn2n1)c1ccc2c(c1)OCCO2. The molecule has 1 aromatic carbocycles. The lowest BCUT2D eigenvalue weighted by Gasteiger charge is -2.25. The van der Waals surface area contributed by atoms with Crippen LogP contribution in [0, 0.1) is 5.92 Å². The van der Waals surface area contributed by atoms with E-state index >= 15 is 0 Å². The van der Waals surface area contributed by atoms with E-state index in [2.05, 4.69) is 34.2 Å². The molecule has 0 bridgehead atoms. The second kappa shape index (κ2) is 8.05. The van der Waals surface area contributed by atoms with Crippen LogP contribution in [0.2, 0.25) is 0 Å². The second-order valence-electron chi connectivity index (χ2n) is 6.74. The Morgan fingerprint density at radius 3 is 2.89 bits per heavy atom. The van der Waals surface area contributed by atoms with Crippen LogP contribution >= 0.6 is 11.8 Å². The number of carbonyl (C=O) groups excluding carboxylic acids is 1. The minimum Gasteiger partial charge on any atom is -0.486 e. The molecule has 3 aromatic rings. The number of ether oxygens (including phenoxy) is 2. The van der Waals surface area contributed by atoms with Gasteiger partial charge in [-0.05, 0) is 29.7 Å². The van der Waals surface area contributed by atoms with E-state index in [4.69, 9.17) is 9.47 Å². The van der Waals surface area contributed by atoms with Crippen molar-refractivity contribution in [3.05, 3.63) is 42.2 Å². The maximum atomic E-state index is 12.5. The van der Waals surface area contributed by atoms with Crippen molar-refractivity contribution in [3.8, 4) is 11.5 Å². The van der Waals surface area contributed by atoms with E-state index in [-0.39, 0.29) is 23.6 Å². The van der Waals surface area contributed by atoms with Crippen molar-refractivity contribution in [3.63, 3.8) is 0 Å². The third kappa shape index (κ3) is 4.04. The number of hydrogen-bond donors (Lipinski definition) is 1. The first kappa shape index (κ1) is 18.5. The van der Waals surface area contributed by atoms with Crippen LogP contribution in [-0.4, -0.2) is 44.5 Å². The molecule has 3 heterocycles. The van der Waals surface area contributed by atoms with E-state index < -0.39 is 0 Å². The number of aromatic nitrogens is 4. The molecule has 2 aromatic heterocycles. The zero-order valence-electron chi connectivity index (χ0n) is 15.7. The molecule has 0 fully saturated rings. The highest BCUT2D eigenvalue weighted by atomic mass is 32.2. The molecule has 1 aliphatic rings. The second-order valence-corrected chi connectivity index (χ2v) is 7.68. The molecule has 146 valence electrons. The Hall–Kier alpha value is -2.81. The molecule has 8 nitrogen and oxygen atoms in total. The zero-order chi connectivity index (χ0) is 19.5. The zero-order valence-corrected chi connectivity index (χ0v) is 16.5. The summed E-state index contributed by atoms with van der Waals surface area (Å²) < 4.78 is 12.8. The lowest BCUT2D eigenvalue weighted by Crippen LogP contribution is -2.33. The number of nitrogens with one attached hydrogen (secondary N) is 1. The van der Waals surface area contributed by atoms with Gasteiger partial charge in [-0.2, -0.15) is 4.98 Å². The number of amides is 1. The highest BCUT2D eigenvalue weighted by molar-refractivity contribution is 7.99. The summed E-state index contributed by atoms with van der Waals surface area (Å²) >= 11 is 1.29. The Morgan fingerprint density at radius 1 is 1.29 bits per heavy atom. The summed E-state index contributed by atoms with van der Waals surface area (Å²) in [6.07, 6.45) is 3.43. The van der Waals surface area contributed by atoms with Gasteiger partial charge < -0.3 is 14.8 Å². The van der Waals surface area contributed by atoms with Gasteiger partial charge in [0.1, 0.15) is 13.2 Å². The maximum absolute atomic E-state index is 12.5. The Morgan fingerprint density at radius 2 is 2.11 bits per heavy atom. The molecule has 1 amide bonds. The number of hydrogen-bond acceptors (Lipinski definition) is 7. The van der Waals surface area contributed by atoms with Crippen LogP contribution in [0.4, 0.5) is 0 Å². The molecule has 0 aliphatic carbocycles. The van der Waals surface area contributed by atoms with Crippen molar-refractivity contribution < 1.29 is 14.3 Å². The van der Waals surface area contributed by atoms with Crippen LogP contribution in [0.3, 0.4) is 0 Å². The first-order chi connectivity index (χ1) is 13.6. The summed E-state index contributed by atoms with van der Waals surface area (Å²) in [7, 11) is 0. The lowest BCUT2D eigenvalue weighted by molar-refractivity contribution is -0.119. The Balaban J connectivity index is 1.42. The molecule has 4 rings (SSSR count). The van der Waals surface area contributed by atoms with Crippen molar-refractivity contribution in [2.75, 3.05) is 19.0 Å². The first-order valence-electron chi connectivity index (χ1n) is 9.09. The summed E-state index contributed by atoms with van der Waals surface area (Å²) in [5, 5.41) is 7.93. The molecule has 28 heavy (non-hydrogen) atoms. The van der Waals surface area contributed by atoms with E-state index in [0.29, 0.717) is 24.1 Å². The summed E-state index contributed by atoms with van der Waals surface area (Å²) in [5.74, 6) is 2.34. The maximum Gasteiger partial charge on any atom is 0.253 e. The van der Waals surface area contributed by atoms with Gasteiger partial charge in [0, 0.05) is 12.4 Å². The summed E-state index contributed by atoms with van der Waals surface area (Å²) in [6, 6.07) is 7.47. The van der Waals surface area contributed by atoms with Crippen molar-refractivity contribution in [2.45, 2.75) is 25.0 Å². The van der Waals surface area contributed by atoms with Crippen LogP contribution < -0.4 is 14.8 Å². The Labute approximate surface area is 166 Å². The van der Waals surface area contributed by atoms with E-state index in [1.807, 2.05) is 18.2 Å². The predicted molar refractivity (Wildman–Crippen MR) is 105 cm³/mol. The van der Waals surface area contributed by atoms with Gasteiger partial charge in [0.05, 0.1) is 11.8 Å². The number of benzene rings is 1. The molecular formula is C19H21N5O3S. The van der Waals surface area contributed by atoms with Gasteiger partial charge >= 0.3 is 0 Å². The highest BCUT2D eigenvalue weighted by Crippen LogP contribution is 2.34. The standard InChI is InChI=1S/C19H21N5O3S/c1-12(2)17(13-4-5-14-15(10-13)27-9-8-26-14)21-16(25)11-28-19-22-18-20-6-3-7-24(18)23-19/h3-7,10,12,17H,8-9,11H2,1-2H3,(H,21,25). The predicted octanol–water partition coefficient (Wildman–Crippen LogP) is 2.50. The van der Waals surface area contributed by atoms with Crippen LogP contribution in [0.5, 0.6) is 11.5 Å². The fourth-order valence-electron chi connectivity index (χ4n) is 3.01. The van der Waals surface area contributed by atoms with Crippen molar-refractivity contribution in [2.24, 2.45) is 5.92 Å². The fourth-order valence-corrected chi connectivity index (χ4v) is 3.64. The van der Waals surface area contributed by atoms with Crippen molar-refractivity contribution in [1.82, 2.24) is 24.9 Å². The minimum absolute atomic E-state index is 0.0783. The molecule has 9 heteroatoms. The van der Waals surface area contributed by atoms with Gasteiger partial charge in [-0.25, -0.2) is 9.50 Å². The number of fused-ring (bicyclic) bond motifs is 2. The van der Waals surface area contributed by atoms with Gasteiger partial charge in [-0.3, -0.25) is 4.79 Å². The van der Waals surface area contributed by atoms with Crippen LogP contribution in [-0.2, 0) is 4.79 Å². The number of rotatable bonds is 6. The topological polar surface area (TPSA) is 90.6 Å². The van der Waals surface area contributed by atoms with E-state index in [1.165, 1.54) is 11.8 Å². The fraction of sp³-hybridized carbons (Fsp3) is 0.368. The third-order valence-electron chi connectivity index (χ3n) is 4.34. The highest BCUT2D eigenvalue weighted by Gasteiger charge is 2.21. The summed E-state index contributed by atoms with van der Waals surface area (Å²) in [6.45, 7) is 5.24. The molecule has 1 unspecified atom stereocenters. The molecule has 1 N–H and O–H groups in total. The average molecular weight is 399 g/mol. The molecule has 1 atom stereocenters. The van der Waals surface area contributed by atoms with E-state index in [1.54, 1.807) is 23.0 Å². The molecule has 0 saturated heterocycles. The largest absolute Gasteiger partial charge is 0.486 e. The van der Waals surface area contributed by atoms with E-state index in [0.717, 1.165) is 17.1 Å². The number of nitrogens with zero attached hydrogens (tertiary/aromatic N) is 4. The van der Waals surface area contributed by atoms with Crippen molar-refractivity contribution >= 4 is 23.4 Å². The molecular weight excluding hydrogens is 378 g/mol. The molecule has 0 spiro atoms. The van der Waals surface area contributed by atoms with Gasteiger partial charge in [-0.1, -0.05) is 31.7 Å². The molecule has 0 radical (unpaired) electrons. The monoisotopic (exact) mass is 399 g/mol. The van der Waals surface area contributed by atoms with Gasteiger partial charge in [0.25, 0.3) is 5.78 Å². The molecule has 0 saturated carbocycles. The average Bonchev–Trinajstić information content (AvgIpc) is 3.13. The van der Waals surface area contributed by atoms with Crippen molar-refractivity contribution in [1.29, 1.82) is 0 Å². The quantitative estimate of drug-likeness (QED) is 0.637. The lowest BCUT2D eigenvalue weighted by atomic mass is 9.95. The first-order valence-corrected chi connectivity index (χ1v) is 10.1. The normalized spacial score (nSPS) is 14.2. The van der Waals surface area contributed by atoms with Crippen LogP contribution in [0.15, 0.2) is 41.8 Å². The van der Waals surface area contributed by atoms with Gasteiger partial charge in [-0.15, -0.1) is 5.10 Å². The third-order valence-corrected chi connectivity index (χ3v) is 5.18. The van der Waals surface area contributed by atoms with Crippen LogP contribution in [0.1, 0.15) is 25.5 Å². The van der Waals surface area contributed by atoms with E-state index in [9.17, 15) is 4.79 Å². The Bertz CT molecular complexity index is 958.